The molecule has 2 fully saturated rings. The monoisotopic (exact) mass is 504 g/mol. The number of hydrogen-bond acceptors (Lipinski definition) is 7. The van der Waals surface area contributed by atoms with Crippen molar-refractivity contribution in [1.29, 1.82) is 0 Å². The molecule has 2 N–H and O–H groups in total. The minimum atomic E-state index is -0.0501. The molecule has 0 unspecified atom stereocenters. The summed E-state index contributed by atoms with van der Waals surface area (Å²) in [5.74, 6) is 1.21. The van der Waals surface area contributed by atoms with Crippen LogP contribution in [0, 0.1) is 0 Å². The second-order valence-electron chi connectivity index (χ2n) is 8.98. The number of halogens is 1. The molecular weight excluding hydrogens is 476 g/mol. The molecule has 9 heteroatoms. The van der Waals surface area contributed by atoms with E-state index in [4.69, 9.17) is 16.3 Å². The fourth-order valence-electron chi connectivity index (χ4n) is 4.40. The van der Waals surface area contributed by atoms with Gasteiger partial charge >= 0.3 is 0 Å². The number of amides is 1. The number of benzene rings is 2. The third-order valence-corrected chi connectivity index (χ3v) is 6.60. The summed E-state index contributed by atoms with van der Waals surface area (Å²) >= 11 is 6.33. The van der Waals surface area contributed by atoms with Crippen molar-refractivity contribution in [3.8, 4) is 11.6 Å². The van der Waals surface area contributed by atoms with Crippen LogP contribution in [0.3, 0.4) is 0 Å². The second kappa shape index (κ2) is 10.9. The number of anilines is 4. The van der Waals surface area contributed by atoms with E-state index in [1.807, 2.05) is 36.4 Å². The Morgan fingerprint density at radius 3 is 2.61 bits per heavy atom. The lowest BCUT2D eigenvalue weighted by atomic mass is 10.1. The molecule has 2 aliphatic heterocycles. The van der Waals surface area contributed by atoms with Crippen LogP contribution in [0.1, 0.15) is 19.3 Å². The number of nitrogens with one attached hydrogen (secondary N) is 2. The molecule has 2 saturated heterocycles. The quantitative estimate of drug-likeness (QED) is 0.394. The fourth-order valence-corrected chi connectivity index (χ4v) is 4.53. The largest absolute Gasteiger partial charge is 0.437 e. The number of hydrogen-bond donors (Lipinski definition) is 2. The Morgan fingerprint density at radius 1 is 1.08 bits per heavy atom. The molecule has 0 radical (unpaired) electrons. The summed E-state index contributed by atoms with van der Waals surface area (Å²) in [6, 6.07) is 16.0. The average Bonchev–Trinajstić information content (AvgIpc) is 2.89. The standard InChI is InChI=1S/C27H29ClN6O2/c1-2-25(35)34-17-21(18-34)30-20-7-6-8-23(15-20)36-26-24(28)16-29-27(32-26)31-19-9-11-22(12-10-19)33-13-4-3-5-14-33/h2,6-12,15-16,21,30H,1,3-5,13-14,17-18H2,(H,29,31,32). The van der Waals surface area contributed by atoms with Crippen LogP contribution >= 0.6 is 11.6 Å². The molecule has 0 aliphatic carbocycles. The molecule has 1 aromatic heterocycles. The van der Waals surface area contributed by atoms with Crippen LogP contribution in [0.4, 0.5) is 23.0 Å². The van der Waals surface area contributed by atoms with E-state index in [9.17, 15) is 4.79 Å². The maximum Gasteiger partial charge on any atom is 0.246 e. The van der Waals surface area contributed by atoms with Gasteiger partial charge in [0.25, 0.3) is 0 Å². The Kier molecular flexibility index (Phi) is 7.23. The van der Waals surface area contributed by atoms with Gasteiger partial charge in [0.05, 0.1) is 12.2 Å². The Hall–Kier alpha value is -3.78. The molecule has 0 saturated carbocycles. The maximum atomic E-state index is 11.6. The summed E-state index contributed by atoms with van der Waals surface area (Å²) in [7, 11) is 0. The van der Waals surface area contributed by atoms with E-state index in [2.05, 4.69) is 44.2 Å². The lowest BCUT2D eigenvalue weighted by Crippen LogP contribution is -2.56. The lowest BCUT2D eigenvalue weighted by Gasteiger charge is -2.39. The SMILES string of the molecule is C=CC(=O)N1CC(Nc2cccc(Oc3nc(Nc4ccc(N5CCCCC5)cc4)ncc3Cl)c2)C1. The second-order valence-corrected chi connectivity index (χ2v) is 9.39. The van der Waals surface area contributed by atoms with Gasteiger partial charge in [-0.05, 0) is 61.7 Å². The first kappa shape index (κ1) is 23.9. The van der Waals surface area contributed by atoms with Crippen molar-refractivity contribution in [3.05, 3.63) is 72.4 Å². The number of nitrogens with zero attached hydrogens (tertiary/aromatic N) is 4. The van der Waals surface area contributed by atoms with Crippen molar-refractivity contribution >= 4 is 40.5 Å². The average molecular weight is 505 g/mol. The van der Waals surface area contributed by atoms with E-state index in [1.54, 1.807) is 4.90 Å². The van der Waals surface area contributed by atoms with Crippen LogP contribution in [0.15, 0.2) is 67.4 Å². The number of ether oxygens (including phenoxy) is 1. The predicted octanol–water partition coefficient (Wildman–Crippen LogP) is 5.46. The van der Waals surface area contributed by atoms with Crippen LogP contribution in [0.2, 0.25) is 5.02 Å². The highest BCUT2D eigenvalue weighted by Gasteiger charge is 2.29. The van der Waals surface area contributed by atoms with Crippen LogP contribution < -0.4 is 20.3 Å². The molecule has 5 rings (SSSR count). The predicted molar refractivity (Wildman–Crippen MR) is 144 cm³/mol. The van der Waals surface area contributed by atoms with Crippen LogP contribution in [0.25, 0.3) is 0 Å². The zero-order valence-corrected chi connectivity index (χ0v) is 20.7. The zero-order chi connectivity index (χ0) is 24.9. The van der Waals surface area contributed by atoms with Gasteiger partial charge in [-0.3, -0.25) is 4.79 Å². The van der Waals surface area contributed by atoms with E-state index in [0.717, 1.165) is 24.5 Å². The number of piperidine rings is 1. The highest BCUT2D eigenvalue weighted by molar-refractivity contribution is 6.31. The highest BCUT2D eigenvalue weighted by atomic mass is 35.5. The van der Waals surface area contributed by atoms with Gasteiger partial charge in [-0.2, -0.15) is 4.98 Å². The van der Waals surface area contributed by atoms with Gasteiger partial charge in [0, 0.05) is 49.3 Å². The summed E-state index contributed by atoms with van der Waals surface area (Å²) in [6.45, 7) is 7.03. The molecule has 2 aliphatic rings. The summed E-state index contributed by atoms with van der Waals surface area (Å²) in [6.07, 6.45) is 6.67. The first-order chi connectivity index (χ1) is 17.6. The number of carbonyl (C=O) groups is 1. The van der Waals surface area contributed by atoms with Gasteiger partial charge in [-0.25, -0.2) is 4.98 Å². The summed E-state index contributed by atoms with van der Waals surface area (Å²) < 4.78 is 5.99. The molecule has 3 aromatic rings. The van der Waals surface area contributed by atoms with Crippen molar-refractivity contribution < 1.29 is 9.53 Å². The van der Waals surface area contributed by atoms with Crippen molar-refractivity contribution in [3.63, 3.8) is 0 Å². The Morgan fingerprint density at radius 2 is 1.86 bits per heavy atom. The number of aromatic nitrogens is 2. The molecule has 1 amide bonds. The topological polar surface area (TPSA) is 82.6 Å². The third-order valence-electron chi connectivity index (χ3n) is 6.34. The van der Waals surface area contributed by atoms with Gasteiger partial charge in [0.15, 0.2) is 0 Å². The molecule has 3 heterocycles. The van der Waals surface area contributed by atoms with Gasteiger partial charge < -0.3 is 25.2 Å². The van der Waals surface area contributed by atoms with Crippen molar-refractivity contribution in [1.82, 2.24) is 14.9 Å². The Labute approximate surface area is 215 Å². The van der Waals surface area contributed by atoms with Gasteiger partial charge in [0.1, 0.15) is 10.8 Å². The first-order valence-corrected chi connectivity index (χ1v) is 12.6. The molecule has 0 spiro atoms. The van der Waals surface area contributed by atoms with Crippen LogP contribution in [-0.4, -0.2) is 53.0 Å². The Balaban J connectivity index is 1.21. The lowest BCUT2D eigenvalue weighted by molar-refractivity contribution is -0.129. The molecule has 8 nitrogen and oxygen atoms in total. The fraction of sp³-hybridized carbons (Fsp3) is 0.296. The van der Waals surface area contributed by atoms with Gasteiger partial charge in [0.2, 0.25) is 17.7 Å². The summed E-state index contributed by atoms with van der Waals surface area (Å²) in [4.78, 5) is 24.6. The van der Waals surface area contributed by atoms with Crippen molar-refractivity contribution in [2.75, 3.05) is 41.7 Å². The molecule has 0 bridgehead atoms. The molecule has 0 atom stereocenters. The zero-order valence-electron chi connectivity index (χ0n) is 20.0. The Bertz CT molecular complexity index is 1220. The van der Waals surface area contributed by atoms with Crippen molar-refractivity contribution in [2.45, 2.75) is 25.3 Å². The van der Waals surface area contributed by atoms with E-state index in [1.165, 1.54) is 37.2 Å². The van der Waals surface area contributed by atoms with E-state index < -0.39 is 0 Å². The van der Waals surface area contributed by atoms with E-state index in [0.29, 0.717) is 29.8 Å². The molecular formula is C27H29ClN6O2. The number of likely N-dealkylation sites (tertiary alicyclic amines) is 1. The molecule has 186 valence electrons. The van der Waals surface area contributed by atoms with Gasteiger partial charge in [-0.1, -0.05) is 24.2 Å². The van der Waals surface area contributed by atoms with E-state index in [-0.39, 0.29) is 17.8 Å². The maximum absolute atomic E-state index is 11.6. The third kappa shape index (κ3) is 5.71. The minimum absolute atomic E-state index is 0.0501. The highest BCUT2D eigenvalue weighted by Crippen LogP contribution is 2.30. The van der Waals surface area contributed by atoms with Crippen molar-refractivity contribution in [2.24, 2.45) is 0 Å². The number of carbonyl (C=O) groups excluding carboxylic acids is 1. The first-order valence-electron chi connectivity index (χ1n) is 12.2. The van der Waals surface area contributed by atoms with Crippen LogP contribution in [-0.2, 0) is 4.79 Å². The van der Waals surface area contributed by atoms with Gasteiger partial charge in [-0.15, -0.1) is 0 Å². The van der Waals surface area contributed by atoms with Crippen LogP contribution in [0.5, 0.6) is 11.6 Å². The molecule has 36 heavy (non-hydrogen) atoms. The summed E-state index contributed by atoms with van der Waals surface area (Å²) in [5.41, 5.74) is 3.01. The number of rotatable bonds is 8. The minimum Gasteiger partial charge on any atom is -0.437 e. The molecule has 2 aromatic carbocycles. The smallest absolute Gasteiger partial charge is 0.246 e. The summed E-state index contributed by atoms with van der Waals surface area (Å²) in [5, 5.41) is 6.95. The normalized spacial score (nSPS) is 15.7. The van der Waals surface area contributed by atoms with E-state index >= 15 is 0 Å².